The van der Waals surface area contributed by atoms with Crippen molar-refractivity contribution in [2.45, 2.75) is 51.2 Å². The molecule has 0 spiro atoms. The highest BCUT2D eigenvalue weighted by Crippen LogP contribution is 2.40. The summed E-state index contributed by atoms with van der Waals surface area (Å²) in [5.74, 6) is 0.771. The van der Waals surface area contributed by atoms with Gasteiger partial charge in [0.2, 0.25) is 5.95 Å². The molecule has 1 N–H and O–H groups in total. The average molecular weight is 448 g/mol. The summed E-state index contributed by atoms with van der Waals surface area (Å²) in [7, 11) is 1.60. The van der Waals surface area contributed by atoms with Crippen molar-refractivity contribution in [1.82, 2.24) is 20.2 Å². The van der Waals surface area contributed by atoms with Crippen LogP contribution in [0.2, 0.25) is 0 Å². The first kappa shape index (κ1) is 18.9. The van der Waals surface area contributed by atoms with Crippen LogP contribution in [0.15, 0.2) is 33.9 Å². The fourth-order valence-corrected chi connectivity index (χ4v) is 4.21. The number of carbonyl (C=O) groups excluding carboxylic acids is 1. The van der Waals surface area contributed by atoms with E-state index in [9.17, 15) is 4.79 Å². The second-order valence-electron chi connectivity index (χ2n) is 7.06. The van der Waals surface area contributed by atoms with E-state index in [-0.39, 0.29) is 12.1 Å². The number of benzene rings is 1. The first-order valence-electron chi connectivity index (χ1n) is 9.38. The summed E-state index contributed by atoms with van der Waals surface area (Å²) in [6, 6.07) is 5.14. The van der Waals surface area contributed by atoms with Gasteiger partial charge in [0.1, 0.15) is 17.9 Å². The second kappa shape index (κ2) is 7.90. The minimum atomic E-state index is -0.537. The number of anilines is 1. The lowest BCUT2D eigenvalue weighted by molar-refractivity contribution is -0.146. The van der Waals surface area contributed by atoms with Gasteiger partial charge in [-0.3, -0.25) is 0 Å². The number of allylic oxidation sites excluding steroid dienone is 1. The van der Waals surface area contributed by atoms with E-state index < -0.39 is 6.04 Å². The molecule has 0 bridgehead atoms. The molecule has 4 rings (SSSR count). The summed E-state index contributed by atoms with van der Waals surface area (Å²) >= 11 is 3.46. The standard InChI is InChI=1S/C19H22BrN5O3/c1-11-16(18(26)28-13-6-4-3-5-7-13)17(25-19(21-11)22-23-24-25)14-9-8-12(20)10-15(14)27-2/h8-10,13,17H,3-7H2,1-2H3,(H,21,22,24)/t17-/m1/s1. The zero-order valence-electron chi connectivity index (χ0n) is 15.8. The maximum Gasteiger partial charge on any atom is 0.338 e. The Hall–Kier alpha value is -2.42. The van der Waals surface area contributed by atoms with Crippen LogP contribution in [0.4, 0.5) is 5.95 Å². The molecule has 148 valence electrons. The first-order chi connectivity index (χ1) is 13.6. The topological polar surface area (TPSA) is 91.2 Å². The van der Waals surface area contributed by atoms with Crippen LogP contribution in [0.1, 0.15) is 50.6 Å². The van der Waals surface area contributed by atoms with Gasteiger partial charge in [-0.05, 0) is 55.2 Å². The Morgan fingerprint density at radius 2 is 2.07 bits per heavy atom. The van der Waals surface area contributed by atoms with Gasteiger partial charge in [-0.15, -0.1) is 0 Å². The van der Waals surface area contributed by atoms with Gasteiger partial charge in [0.25, 0.3) is 0 Å². The van der Waals surface area contributed by atoms with Crippen LogP contribution in [0, 0.1) is 0 Å². The molecule has 8 nitrogen and oxygen atoms in total. The van der Waals surface area contributed by atoms with E-state index in [1.807, 2.05) is 25.1 Å². The highest BCUT2D eigenvalue weighted by molar-refractivity contribution is 9.10. The van der Waals surface area contributed by atoms with Crippen molar-refractivity contribution in [2.24, 2.45) is 0 Å². The molecule has 0 amide bonds. The van der Waals surface area contributed by atoms with Crippen molar-refractivity contribution in [3.05, 3.63) is 39.5 Å². The quantitative estimate of drug-likeness (QED) is 0.715. The van der Waals surface area contributed by atoms with Crippen LogP contribution in [-0.2, 0) is 9.53 Å². The molecule has 2 heterocycles. The Labute approximate surface area is 171 Å². The highest BCUT2D eigenvalue weighted by Gasteiger charge is 2.37. The lowest BCUT2D eigenvalue weighted by atomic mass is 9.94. The third-order valence-corrected chi connectivity index (χ3v) is 5.74. The van der Waals surface area contributed by atoms with Gasteiger partial charge in [0, 0.05) is 15.7 Å². The molecular weight excluding hydrogens is 426 g/mol. The lowest BCUT2D eigenvalue weighted by Gasteiger charge is -2.30. The Bertz CT molecular complexity index is 920. The molecule has 9 heteroatoms. The van der Waals surface area contributed by atoms with Gasteiger partial charge in [-0.25, -0.2) is 4.79 Å². The fourth-order valence-electron chi connectivity index (χ4n) is 3.87. The van der Waals surface area contributed by atoms with Crippen molar-refractivity contribution in [2.75, 3.05) is 12.4 Å². The molecule has 2 aromatic rings. The molecule has 1 aliphatic heterocycles. The van der Waals surface area contributed by atoms with E-state index in [0.717, 1.165) is 35.7 Å². The summed E-state index contributed by atoms with van der Waals surface area (Å²) < 4.78 is 13.9. The molecule has 0 radical (unpaired) electrons. The number of ether oxygens (including phenoxy) is 2. The van der Waals surface area contributed by atoms with E-state index in [1.165, 1.54) is 6.42 Å². The zero-order chi connectivity index (χ0) is 19.7. The molecule has 28 heavy (non-hydrogen) atoms. The van der Waals surface area contributed by atoms with Crippen LogP contribution in [0.5, 0.6) is 5.75 Å². The minimum Gasteiger partial charge on any atom is -0.496 e. The van der Waals surface area contributed by atoms with Gasteiger partial charge in [0.05, 0.1) is 12.7 Å². The molecule has 2 aliphatic rings. The van der Waals surface area contributed by atoms with Crippen LogP contribution in [0.25, 0.3) is 0 Å². The van der Waals surface area contributed by atoms with Gasteiger partial charge < -0.3 is 14.8 Å². The maximum absolute atomic E-state index is 13.2. The second-order valence-corrected chi connectivity index (χ2v) is 7.98. The third-order valence-electron chi connectivity index (χ3n) is 5.25. The van der Waals surface area contributed by atoms with E-state index in [1.54, 1.807) is 11.8 Å². The Morgan fingerprint density at radius 3 is 2.82 bits per heavy atom. The van der Waals surface area contributed by atoms with Crippen molar-refractivity contribution in [1.29, 1.82) is 0 Å². The molecular formula is C19H22BrN5O3. The molecule has 0 unspecified atom stereocenters. The van der Waals surface area contributed by atoms with Gasteiger partial charge in [-0.2, -0.15) is 4.68 Å². The van der Waals surface area contributed by atoms with Crippen LogP contribution >= 0.6 is 15.9 Å². The van der Waals surface area contributed by atoms with Crippen molar-refractivity contribution < 1.29 is 14.3 Å². The summed E-state index contributed by atoms with van der Waals surface area (Å²) in [6.07, 6.45) is 5.17. The molecule has 1 aliphatic carbocycles. The molecule has 1 aromatic carbocycles. The maximum atomic E-state index is 13.2. The first-order valence-corrected chi connectivity index (χ1v) is 10.2. The number of nitrogens with one attached hydrogen (secondary N) is 1. The predicted molar refractivity (Wildman–Crippen MR) is 106 cm³/mol. The molecule has 1 fully saturated rings. The van der Waals surface area contributed by atoms with Gasteiger partial charge in [-0.1, -0.05) is 33.5 Å². The zero-order valence-corrected chi connectivity index (χ0v) is 17.4. The number of hydrogen-bond acceptors (Lipinski definition) is 7. The smallest absolute Gasteiger partial charge is 0.338 e. The predicted octanol–water partition coefficient (Wildman–Crippen LogP) is 3.61. The van der Waals surface area contributed by atoms with E-state index in [2.05, 4.69) is 36.8 Å². The van der Waals surface area contributed by atoms with Crippen LogP contribution in [-0.4, -0.2) is 39.4 Å². The largest absolute Gasteiger partial charge is 0.496 e. The molecule has 1 saturated carbocycles. The molecule has 1 aromatic heterocycles. The Balaban J connectivity index is 1.75. The van der Waals surface area contributed by atoms with Gasteiger partial charge in [0.15, 0.2) is 0 Å². The average Bonchev–Trinajstić information content (AvgIpc) is 3.15. The SMILES string of the molecule is COc1cc(Br)ccc1[C@@H]1C(C(=O)OC2CCCCC2)=C(C)Nc2nnnn21. The normalized spacial score (nSPS) is 19.8. The number of rotatable bonds is 4. The third kappa shape index (κ3) is 3.50. The number of fused-ring (bicyclic) bond motifs is 1. The van der Waals surface area contributed by atoms with Crippen LogP contribution in [0.3, 0.4) is 0 Å². The van der Waals surface area contributed by atoms with Gasteiger partial charge >= 0.3 is 5.97 Å². The highest BCUT2D eigenvalue weighted by atomic mass is 79.9. The number of aromatic nitrogens is 4. The summed E-state index contributed by atoms with van der Waals surface area (Å²) in [5, 5.41) is 15.0. The number of halogens is 1. The molecule has 1 atom stereocenters. The number of hydrogen-bond donors (Lipinski definition) is 1. The Kier molecular flexibility index (Phi) is 5.34. The van der Waals surface area contributed by atoms with E-state index in [0.29, 0.717) is 23.0 Å². The minimum absolute atomic E-state index is 0.0377. The summed E-state index contributed by atoms with van der Waals surface area (Å²) in [5.41, 5.74) is 1.96. The number of carbonyl (C=O) groups is 1. The molecule has 0 saturated heterocycles. The number of esters is 1. The van der Waals surface area contributed by atoms with E-state index in [4.69, 9.17) is 9.47 Å². The Morgan fingerprint density at radius 1 is 1.29 bits per heavy atom. The number of tetrazole rings is 1. The van der Waals surface area contributed by atoms with Crippen molar-refractivity contribution >= 4 is 27.8 Å². The van der Waals surface area contributed by atoms with Crippen molar-refractivity contribution in [3.8, 4) is 5.75 Å². The van der Waals surface area contributed by atoms with Crippen molar-refractivity contribution in [3.63, 3.8) is 0 Å². The van der Waals surface area contributed by atoms with Crippen LogP contribution < -0.4 is 10.1 Å². The van der Waals surface area contributed by atoms with E-state index >= 15 is 0 Å². The summed E-state index contributed by atoms with van der Waals surface area (Å²) in [6.45, 7) is 1.84. The monoisotopic (exact) mass is 447 g/mol. The fraction of sp³-hybridized carbons (Fsp3) is 0.474. The number of nitrogens with zero attached hydrogens (tertiary/aromatic N) is 4. The lowest BCUT2D eigenvalue weighted by Crippen LogP contribution is -2.32. The summed E-state index contributed by atoms with van der Waals surface area (Å²) in [4.78, 5) is 13.2. The number of methoxy groups -OCH3 is 1.